The number of allylic oxidation sites excluding steroid dienone is 2. The lowest BCUT2D eigenvalue weighted by atomic mass is 10.1. The van der Waals surface area contributed by atoms with Gasteiger partial charge in [-0.1, -0.05) is 32.1 Å². The highest BCUT2D eigenvalue weighted by Gasteiger charge is 2.13. The normalized spacial score (nSPS) is 11.3. The molecular weight excluding hydrogens is 316 g/mol. The fourth-order valence-electron chi connectivity index (χ4n) is 2.36. The summed E-state index contributed by atoms with van der Waals surface area (Å²) in [5, 5.41) is 0.869. The van der Waals surface area contributed by atoms with Gasteiger partial charge in [-0.15, -0.1) is 0 Å². The summed E-state index contributed by atoms with van der Waals surface area (Å²) in [6.07, 6.45) is 8.88. The molecule has 1 aromatic heterocycles. The van der Waals surface area contributed by atoms with Crippen LogP contribution >= 0.6 is 0 Å². The molecule has 2 aromatic rings. The average molecular weight is 344 g/mol. The number of ether oxygens (including phenoxy) is 2. The molecular formula is C20H28N2O3. The first kappa shape index (κ1) is 20.5. The number of rotatable bonds is 3. The minimum Gasteiger partial charge on any atom is -0.496 e. The van der Waals surface area contributed by atoms with E-state index in [0.29, 0.717) is 5.89 Å². The van der Waals surface area contributed by atoms with E-state index in [1.807, 2.05) is 51.1 Å². The zero-order valence-corrected chi connectivity index (χ0v) is 15.9. The molecule has 5 nitrogen and oxygen atoms in total. The fraction of sp³-hybridized carbons (Fsp3) is 0.350. The summed E-state index contributed by atoms with van der Waals surface area (Å²) in [4.78, 5) is 4.56. The van der Waals surface area contributed by atoms with E-state index in [9.17, 15) is 0 Å². The van der Waals surface area contributed by atoms with Crippen molar-refractivity contribution in [3.63, 3.8) is 0 Å². The summed E-state index contributed by atoms with van der Waals surface area (Å²) in [6, 6.07) is 3.83. The standard InChI is InChI=1S/C17H17NO3.C2H6.CH5N/c1-11-15(19-2)9-12(10-16(11)20-3)17-18-13-7-5-4-6-8-14(13)21-17;2*1-2/h4,6-10H,5H2,1-3H3;1-2H3;2H2,1H3. The molecule has 136 valence electrons. The first-order valence-electron chi connectivity index (χ1n) is 8.37. The quantitative estimate of drug-likeness (QED) is 0.927. The third-order valence-electron chi connectivity index (χ3n) is 3.51. The Morgan fingerprint density at radius 3 is 2.24 bits per heavy atom. The van der Waals surface area contributed by atoms with Crippen molar-refractivity contribution in [3.05, 3.63) is 40.6 Å². The first-order chi connectivity index (χ1) is 12.2. The number of methoxy groups -OCH3 is 2. The van der Waals surface area contributed by atoms with Gasteiger partial charge in [0.15, 0.2) is 5.42 Å². The van der Waals surface area contributed by atoms with Crippen LogP contribution in [0.3, 0.4) is 0 Å². The van der Waals surface area contributed by atoms with Gasteiger partial charge in [0.1, 0.15) is 16.8 Å². The third-order valence-corrected chi connectivity index (χ3v) is 3.51. The molecule has 3 rings (SSSR count). The van der Waals surface area contributed by atoms with Crippen molar-refractivity contribution >= 4 is 12.2 Å². The summed E-state index contributed by atoms with van der Waals surface area (Å²) >= 11 is 0. The van der Waals surface area contributed by atoms with Gasteiger partial charge in [-0.3, -0.25) is 0 Å². The van der Waals surface area contributed by atoms with Crippen LogP contribution in [0.15, 0.2) is 28.7 Å². The van der Waals surface area contributed by atoms with Crippen molar-refractivity contribution in [2.45, 2.75) is 27.2 Å². The van der Waals surface area contributed by atoms with Gasteiger partial charge in [-0.2, -0.15) is 0 Å². The minimum absolute atomic E-state index is 0.569. The van der Waals surface area contributed by atoms with Gasteiger partial charge in [-0.05, 0) is 38.6 Å². The van der Waals surface area contributed by atoms with Gasteiger partial charge < -0.3 is 19.6 Å². The zero-order valence-electron chi connectivity index (χ0n) is 15.9. The Labute approximate surface area is 149 Å². The van der Waals surface area contributed by atoms with E-state index < -0.39 is 0 Å². The van der Waals surface area contributed by atoms with E-state index in [1.165, 1.54) is 7.05 Å². The number of nitrogens with zero attached hydrogens (tertiary/aromatic N) is 1. The maximum atomic E-state index is 5.85. The van der Waals surface area contributed by atoms with Crippen LogP contribution in [-0.2, 0) is 0 Å². The van der Waals surface area contributed by atoms with Crippen molar-refractivity contribution in [2.24, 2.45) is 5.73 Å². The predicted octanol–water partition coefficient (Wildman–Crippen LogP) is 2.79. The minimum atomic E-state index is 0.569. The number of fused-ring (bicyclic) bond motifs is 1. The molecule has 2 N–H and O–H groups in total. The van der Waals surface area contributed by atoms with Gasteiger partial charge in [0.05, 0.1) is 14.2 Å². The van der Waals surface area contributed by atoms with Crippen LogP contribution in [0, 0.1) is 6.92 Å². The lowest BCUT2D eigenvalue weighted by Crippen LogP contribution is -2.20. The summed E-state index contributed by atoms with van der Waals surface area (Å²) in [5.74, 6) is 2.08. The van der Waals surface area contributed by atoms with Gasteiger partial charge in [0.25, 0.3) is 0 Å². The highest BCUT2D eigenvalue weighted by molar-refractivity contribution is 5.63. The van der Waals surface area contributed by atoms with E-state index in [2.05, 4.69) is 16.8 Å². The summed E-state index contributed by atoms with van der Waals surface area (Å²) in [7, 11) is 4.78. The molecule has 5 heteroatoms. The molecule has 1 aliphatic rings. The molecule has 25 heavy (non-hydrogen) atoms. The second kappa shape index (κ2) is 10.4. The topological polar surface area (TPSA) is 70.5 Å². The van der Waals surface area contributed by atoms with Crippen LogP contribution < -0.4 is 26.0 Å². The number of oxazole rings is 1. The largest absolute Gasteiger partial charge is 0.496 e. The van der Waals surface area contributed by atoms with Crippen LogP contribution in [-0.4, -0.2) is 26.3 Å². The second-order valence-corrected chi connectivity index (χ2v) is 4.81. The van der Waals surface area contributed by atoms with Crippen LogP contribution in [0.2, 0.25) is 0 Å². The lowest BCUT2D eigenvalue weighted by molar-refractivity contribution is 0.388. The molecule has 0 amide bonds. The molecule has 0 saturated heterocycles. The Balaban J connectivity index is 0.000000730. The molecule has 0 fully saturated rings. The maximum absolute atomic E-state index is 5.85. The van der Waals surface area contributed by atoms with E-state index in [0.717, 1.165) is 39.8 Å². The van der Waals surface area contributed by atoms with E-state index in [1.54, 1.807) is 14.2 Å². The monoisotopic (exact) mass is 344 g/mol. The Hall–Kier alpha value is -2.53. The number of benzene rings is 1. The molecule has 0 bridgehead atoms. The molecule has 0 unspecified atom stereocenters. The van der Waals surface area contributed by atoms with E-state index in [4.69, 9.17) is 13.9 Å². The Morgan fingerprint density at radius 2 is 1.68 bits per heavy atom. The van der Waals surface area contributed by atoms with Gasteiger partial charge >= 0.3 is 0 Å². The Bertz CT molecular complexity index is 795. The average Bonchev–Trinajstić information content (AvgIpc) is 2.95. The van der Waals surface area contributed by atoms with Crippen LogP contribution in [0.1, 0.15) is 25.8 Å². The third kappa shape index (κ3) is 4.73. The summed E-state index contributed by atoms with van der Waals surface area (Å²) in [5.41, 5.74) is 7.07. The van der Waals surface area contributed by atoms with E-state index in [-0.39, 0.29) is 0 Å². The molecule has 1 heterocycles. The van der Waals surface area contributed by atoms with Gasteiger partial charge in [-0.25, -0.2) is 4.98 Å². The lowest BCUT2D eigenvalue weighted by Gasteiger charge is -2.11. The SMILES string of the molecule is CC.CN.COc1cc(-c2nc3c(o2)=CC=CCC=3)cc(OC)c1C. The number of nitrogens with two attached hydrogens (primary N) is 1. The smallest absolute Gasteiger partial charge is 0.227 e. The molecule has 1 aliphatic carbocycles. The molecule has 0 atom stereocenters. The highest BCUT2D eigenvalue weighted by Crippen LogP contribution is 2.33. The van der Waals surface area contributed by atoms with Gasteiger partial charge in [0, 0.05) is 11.1 Å². The fourth-order valence-corrected chi connectivity index (χ4v) is 2.36. The predicted molar refractivity (Wildman–Crippen MR) is 103 cm³/mol. The Kier molecular flexibility index (Phi) is 8.50. The van der Waals surface area contributed by atoms with Gasteiger partial charge in [0.2, 0.25) is 5.89 Å². The van der Waals surface area contributed by atoms with Crippen LogP contribution in [0.25, 0.3) is 23.6 Å². The van der Waals surface area contributed by atoms with Crippen LogP contribution in [0.5, 0.6) is 11.5 Å². The highest BCUT2D eigenvalue weighted by atomic mass is 16.5. The summed E-state index contributed by atoms with van der Waals surface area (Å²) < 4.78 is 16.6. The Morgan fingerprint density at radius 1 is 1.08 bits per heavy atom. The zero-order chi connectivity index (χ0) is 18.8. The molecule has 0 saturated carbocycles. The van der Waals surface area contributed by atoms with Crippen molar-refractivity contribution in [1.82, 2.24) is 4.98 Å². The molecule has 1 aromatic carbocycles. The van der Waals surface area contributed by atoms with E-state index >= 15 is 0 Å². The number of hydrogen-bond acceptors (Lipinski definition) is 5. The first-order valence-corrected chi connectivity index (χ1v) is 8.37. The number of aromatic nitrogens is 1. The molecule has 0 spiro atoms. The molecule has 0 aliphatic heterocycles. The van der Waals surface area contributed by atoms with Crippen molar-refractivity contribution in [2.75, 3.05) is 21.3 Å². The summed E-state index contributed by atoms with van der Waals surface area (Å²) in [6.45, 7) is 5.96. The molecule has 0 radical (unpaired) electrons. The second-order valence-electron chi connectivity index (χ2n) is 4.81. The van der Waals surface area contributed by atoms with Crippen molar-refractivity contribution in [1.29, 1.82) is 0 Å². The van der Waals surface area contributed by atoms with Crippen molar-refractivity contribution in [3.8, 4) is 23.0 Å². The van der Waals surface area contributed by atoms with Crippen molar-refractivity contribution < 1.29 is 13.9 Å². The maximum Gasteiger partial charge on any atom is 0.227 e. The van der Waals surface area contributed by atoms with Crippen LogP contribution in [0.4, 0.5) is 0 Å². The number of hydrogen-bond donors (Lipinski definition) is 1.